The van der Waals surface area contributed by atoms with Gasteiger partial charge in [-0.1, -0.05) is 41.3 Å². The lowest BCUT2D eigenvalue weighted by atomic mass is 10.1. The fourth-order valence-corrected chi connectivity index (χ4v) is 2.36. The topological polar surface area (TPSA) is 62.7 Å². The van der Waals surface area contributed by atoms with Crippen molar-refractivity contribution >= 4 is 23.2 Å². The van der Waals surface area contributed by atoms with Crippen molar-refractivity contribution in [2.24, 2.45) is 5.92 Å². The molecule has 0 amide bonds. The number of hydrogen-bond acceptors (Lipinski definition) is 4. The minimum absolute atomic E-state index is 0.192. The fraction of sp³-hybridized carbons (Fsp3) is 0.357. The second kappa shape index (κ2) is 6.74. The average Bonchev–Trinajstić information content (AvgIpc) is 2.82. The van der Waals surface area contributed by atoms with Crippen molar-refractivity contribution in [3.8, 4) is 6.07 Å². The van der Waals surface area contributed by atoms with Gasteiger partial charge in [0.25, 0.3) is 0 Å². The molecule has 4 nitrogen and oxygen atoms in total. The van der Waals surface area contributed by atoms with E-state index in [4.69, 9.17) is 33.0 Å². The summed E-state index contributed by atoms with van der Waals surface area (Å²) in [6.07, 6.45) is 1.49. The van der Waals surface area contributed by atoms with E-state index in [1.165, 1.54) is 0 Å². The zero-order chi connectivity index (χ0) is 14.5. The molecule has 0 aliphatic rings. The number of nitrogens with zero attached hydrogens (tertiary/aromatic N) is 3. The molecule has 0 saturated heterocycles. The van der Waals surface area contributed by atoms with E-state index in [0.29, 0.717) is 41.0 Å². The predicted octanol–water partition coefficient (Wildman–Crippen LogP) is 4.06. The van der Waals surface area contributed by atoms with Gasteiger partial charge in [0.1, 0.15) is 0 Å². The van der Waals surface area contributed by atoms with Gasteiger partial charge in [-0.15, -0.1) is 0 Å². The number of hydrogen-bond donors (Lipinski definition) is 0. The molecule has 2 rings (SSSR count). The van der Waals surface area contributed by atoms with Crippen LogP contribution in [0.4, 0.5) is 0 Å². The molecule has 20 heavy (non-hydrogen) atoms. The monoisotopic (exact) mass is 309 g/mol. The Morgan fingerprint density at radius 1 is 1.35 bits per heavy atom. The minimum atomic E-state index is 0.192. The second-order valence-corrected chi connectivity index (χ2v) is 5.47. The summed E-state index contributed by atoms with van der Waals surface area (Å²) < 4.78 is 5.18. The zero-order valence-electron chi connectivity index (χ0n) is 10.9. The first-order chi connectivity index (χ1) is 9.60. The van der Waals surface area contributed by atoms with Gasteiger partial charge >= 0.3 is 0 Å². The van der Waals surface area contributed by atoms with E-state index in [2.05, 4.69) is 16.2 Å². The van der Waals surface area contributed by atoms with Crippen LogP contribution in [0.5, 0.6) is 0 Å². The highest BCUT2D eigenvalue weighted by atomic mass is 35.5. The first kappa shape index (κ1) is 14.8. The largest absolute Gasteiger partial charge is 0.339 e. The van der Waals surface area contributed by atoms with Crippen molar-refractivity contribution in [3.63, 3.8) is 0 Å². The Morgan fingerprint density at radius 2 is 2.05 bits per heavy atom. The molecule has 2 aromatic rings. The van der Waals surface area contributed by atoms with Gasteiger partial charge in [-0.3, -0.25) is 0 Å². The highest BCUT2D eigenvalue weighted by molar-refractivity contribution is 6.36. The Hall–Kier alpha value is -1.57. The van der Waals surface area contributed by atoms with Crippen LogP contribution in [-0.2, 0) is 12.8 Å². The Labute approximate surface area is 127 Å². The molecule has 0 N–H and O–H groups in total. The maximum atomic E-state index is 8.63. The molecule has 0 aliphatic carbocycles. The Bertz CT molecular complexity index is 613. The van der Waals surface area contributed by atoms with Crippen LogP contribution in [0.3, 0.4) is 0 Å². The van der Waals surface area contributed by atoms with E-state index in [9.17, 15) is 0 Å². The molecule has 1 aromatic carbocycles. The maximum Gasteiger partial charge on any atom is 0.226 e. The van der Waals surface area contributed by atoms with E-state index < -0.39 is 0 Å². The van der Waals surface area contributed by atoms with E-state index in [1.54, 1.807) is 18.2 Å². The summed E-state index contributed by atoms with van der Waals surface area (Å²) in [6.45, 7) is 1.97. The fourth-order valence-electron chi connectivity index (χ4n) is 1.83. The Balaban J connectivity index is 2.08. The van der Waals surface area contributed by atoms with E-state index in [1.807, 2.05) is 6.92 Å². The van der Waals surface area contributed by atoms with Crippen LogP contribution < -0.4 is 0 Å². The van der Waals surface area contributed by atoms with Gasteiger partial charge in [-0.05, 0) is 23.6 Å². The van der Waals surface area contributed by atoms with Crippen molar-refractivity contribution in [1.29, 1.82) is 5.26 Å². The standard InChI is InChI=1S/C14H13Cl2N3O/c1-9(5-6-17)7-14-18-13(19-20-14)8-10-11(15)3-2-4-12(10)16/h2-4,9H,5,7-8H2,1H3. The second-order valence-electron chi connectivity index (χ2n) is 4.65. The summed E-state index contributed by atoms with van der Waals surface area (Å²) in [5.41, 5.74) is 0.785. The molecule has 0 bridgehead atoms. The quantitative estimate of drug-likeness (QED) is 0.835. The third kappa shape index (κ3) is 3.72. The highest BCUT2D eigenvalue weighted by Crippen LogP contribution is 2.26. The lowest BCUT2D eigenvalue weighted by molar-refractivity contribution is 0.355. The maximum absolute atomic E-state index is 8.63. The van der Waals surface area contributed by atoms with Gasteiger partial charge in [0.05, 0.1) is 6.07 Å². The third-order valence-electron chi connectivity index (χ3n) is 2.87. The lowest BCUT2D eigenvalue weighted by Crippen LogP contribution is -1.99. The molecular weight excluding hydrogens is 297 g/mol. The summed E-state index contributed by atoms with van der Waals surface area (Å²) in [5.74, 6) is 1.27. The number of halogens is 2. The van der Waals surface area contributed by atoms with Gasteiger partial charge in [-0.25, -0.2) is 0 Å². The van der Waals surface area contributed by atoms with E-state index >= 15 is 0 Å². The van der Waals surface area contributed by atoms with Crippen LogP contribution in [0, 0.1) is 17.2 Å². The summed E-state index contributed by atoms with van der Waals surface area (Å²) >= 11 is 12.2. The van der Waals surface area contributed by atoms with Crippen LogP contribution in [0.15, 0.2) is 22.7 Å². The van der Waals surface area contributed by atoms with Gasteiger partial charge in [0, 0.05) is 29.3 Å². The molecular formula is C14H13Cl2N3O. The van der Waals surface area contributed by atoms with Gasteiger partial charge in [0.15, 0.2) is 5.82 Å². The van der Waals surface area contributed by atoms with E-state index in [-0.39, 0.29) is 5.92 Å². The Kier molecular flexibility index (Phi) is 4.99. The van der Waals surface area contributed by atoms with Gasteiger partial charge < -0.3 is 4.52 Å². The number of aromatic nitrogens is 2. The van der Waals surface area contributed by atoms with Crippen molar-refractivity contribution in [3.05, 3.63) is 45.5 Å². The molecule has 0 aliphatic heterocycles. The first-order valence-electron chi connectivity index (χ1n) is 6.21. The SMILES string of the molecule is CC(CC#N)Cc1nc(Cc2c(Cl)cccc2Cl)no1. The molecule has 0 radical (unpaired) electrons. The zero-order valence-corrected chi connectivity index (χ0v) is 12.4. The molecule has 1 unspecified atom stereocenters. The first-order valence-corrected chi connectivity index (χ1v) is 6.97. The molecule has 0 saturated carbocycles. The highest BCUT2D eigenvalue weighted by Gasteiger charge is 2.13. The van der Waals surface area contributed by atoms with Crippen LogP contribution >= 0.6 is 23.2 Å². The summed E-state index contributed by atoms with van der Waals surface area (Å²) in [7, 11) is 0. The average molecular weight is 310 g/mol. The lowest BCUT2D eigenvalue weighted by Gasteiger charge is -2.03. The van der Waals surface area contributed by atoms with Crippen LogP contribution in [0.1, 0.15) is 30.6 Å². The summed E-state index contributed by atoms with van der Waals surface area (Å²) in [6, 6.07) is 7.47. The predicted molar refractivity (Wildman–Crippen MR) is 76.7 cm³/mol. The Morgan fingerprint density at radius 3 is 2.70 bits per heavy atom. The number of nitriles is 1. The molecule has 1 atom stereocenters. The van der Waals surface area contributed by atoms with Crippen LogP contribution in [0.25, 0.3) is 0 Å². The summed E-state index contributed by atoms with van der Waals surface area (Å²) in [4.78, 5) is 4.31. The van der Waals surface area contributed by atoms with Crippen LogP contribution in [0.2, 0.25) is 10.0 Å². The van der Waals surface area contributed by atoms with Crippen molar-refractivity contribution in [2.75, 3.05) is 0 Å². The number of rotatable bonds is 5. The van der Waals surface area contributed by atoms with Crippen molar-refractivity contribution < 1.29 is 4.52 Å². The number of benzene rings is 1. The smallest absolute Gasteiger partial charge is 0.226 e. The molecule has 6 heteroatoms. The van der Waals surface area contributed by atoms with Gasteiger partial charge in [0.2, 0.25) is 5.89 Å². The third-order valence-corrected chi connectivity index (χ3v) is 3.58. The normalized spacial score (nSPS) is 12.1. The molecule has 1 aromatic heterocycles. The molecule has 0 spiro atoms. The minimum Gasteiger partial charge on any atom is -0.339 e. The van der Waals surface area contributed by atoms with E-state index in [0.717, 1.165) is 5.56 Å². The van der Waals surface area contributed by atoms with Crippen molar-refractivity contribution in [2.45, 2.75) is 26.2 Å². The molecule has 1 heterocycles. The molecule has 104 valence electrons. The van der Waals surface area contributed by atoms with Gasteiger partial charge in [-0.2, -0.15) is 10.2 Å². The molecule has 0 fully saturated rings. The van der Waals surface area contributed by atoms with Crippen LogP contribution in [-0.4, -0.2) is 10.1 Å². The summed E-state index contributed by atoms with van der Waals surface area (Å²) in [5, 5.41) is 13.7. The van der Waals surface area contributed by atoms with Crippen molar-refractivity contribution in [1.82, 2.24) is 10.1 Å².